The topological polar surface area (TPSA) is 160 Å². The fourth-order valence-electron chi connectivity index (χ4n) is 5.71. The molecule has 0 spiro atoms. The smallest absolute Gasteiger partial charge is 0.342 e. The van der Waals surface area contributed by atoms with Crippen molar-refractivity contribution in [1.82, 2.24) is 9.13 Å². The monoisotopic (exact) mass is 670 g/mol. The predicted molar refractivity (Wildman–Crippen MR) is 189 cm³/mol. The molecule has 2 heterocycles. The van der Waals surface area contributed by atoms with Gasteiger partial charge in [-0.25, -0.2) is 9.59 Å². The largest absolute Gasteiger partial charge is 0.462 e. The van der Waals surface area contributed by atoms with Gasteiger partial charge >= 0.3 is 11.9 Å². The normalized spacial score (nSPS) is 11.3. The van der Waals surface area contributed by atoms with E-state index in [-0.39, 0.29) is 35.3 Å². The molecule has 0 fully saturated rings. The molecule has 0 aliphatic rings. The summed E-state index contributed by atoms with van der Waals surface area (Å²) in [5.41, 5.74) is 5.39. The first-order valence-electron chi connectivity index (χ1n) is 16.1. The minimum Gasteiger partial charge on any atom is -0.462 e. The summed E-state index contributed by atoms with van der Waals surface area (Å²) in [7, 11) is 0. The molecule has 50 heavy (non-hydrogen) atoms. The SMILES string of the molecule is CCOC(=O)c1c(C)c(N=Nc2ccccc2)c(C)n(-c2ccc(-n3c(C)c(N=Nc4ccccc4)c(C)c(C(=O)OCC)c3=N)cc2)c1=N. The minimum absolute atomic E-state index is 0.0709. The quantitative estimate of drug-likeness (QED) is 0.112. The van der Waals surface area contributed by atoms with Crippen molar-refractivity contribution < 1.29 is 19.1 Å². The Hall–Kier alpha value is -6.30. The highest BCUT2D eigenvalue weighted by Gasteiger charge is 2.24. The molecule has 5 aromatic rings. The number of carbonyl (C=O) groups excluding carboxylic acids is 2. The average molecular weight is 671 g/mol. The van der Waals surface area contributed by atoms with E-state index in [1.165, 1.54) is 0 Å². The van der Waals surface area contributed by atoms with E-state index in [1.807, 2.05) is 74.5 Å². The predicted octanol–water partition coefficient (Wildman–Crippen LogP) is 8.64. The second-order valence-electron chi connectivity index (χ2n) is 11.3. The Balaban J connectivity index is 1.68. The van der Waals surface area contributed by atoms with E-state index in [0.29, 0.717) is 56.6 Å². The van der Waals surface area contributed by atoms with Gasteiger partial charge in [-0.05, 0) is 101 Å². The van der Waals surface area contributed by atoms with Crippen LogP contribution in [0.5, 0.6) is 0 Å². The van der Waals surface area contributed by atoms with E-state index in [2.05, 4.69) is 20.5 Å². The number of esters is 2. The maximum absolute atomic E-state index is 13.2. The molecule has 12 heteroatoms. The fourth-order valence-corrected chi connectivity index (χ4v) is 5.71. The summed E-state index contributed by atoms with van der Waals surface area (Å²) < 4.78 is 13.9. The Labute approximate surface area is 289 Å². The third-order valence-electron chi connectivity index (χ3n) is 8.11. The maximum atomic E-state index is 13.2. The maximum Gasteiger partial charge on any atom is 0.342 e. The lowest BCUT2D eigenvalue weighted by Crippen LogP contribution is -2.30. The van der Waals surface area contributed by atoms with Crippen LogP contribution in [0.3, 0.4) is 0 Å². The van der Waals surface area contributed by atoms with Crippen LogP contribution in [-0.2, 0) is 9.47 Å². The first-order valence-corrected chi connectivity index (χ1v) is 16.1. The lowest BCUT2D eigenvalue weighted by atomic mass is 10.1. The van der Waals surface area contributed by atoms with Gasteiger partial charge in [0.1, 0.15) is 33.5 Å². The summed E-state index contributed by atoms with van der Waals surface area (Å²) in [4.78, 5) is 26.3. The lowest BCUT2D eigenvalue weighted by molar-refractivity contribution is 0.0512. The van der Waals surface area contributed by atoms with Gasteiger partial charge in [0.25, 0.3) is 0 Å². The van der Waals surface area contributed by atoms with E-state index in [1.54, 1.807) is 61.1 Å². The molecule has 0 aliphatic carbocycles. The van der Waals surface area contributed by atoms with E-state index >= 15 is 0 Å². The molecule has 0 aliphatic heterocycles. The molecule has 0 saturated carbocycles. The van der Waals surface area contributed by atoms with Crippen LogP contribution >= 0.6 is 0 Å². The number of ether oxygens (including phenoxy) is 2. The number of pyridine rings is 2. The second-order valence-corrected chi connectivity index (χ2v) is 11.3. The van der Waals surface area contributed by atoms with Crippen molar-refractivity contribution in [3.63, 3.8) is 0 Å². The molecule has 254 valence electrons. The summed E-state index contributed by atoms with van der Waals surface area (Å²) in [6.07, 6.45) is 0. The fraction of sp³-hybridized carbons (Fsp3) is 0.211. The van der Waals surface area contributed by atoms with Crippen LogP contribution in [-0.4, -0.2) is 34.3 Å². The molecule has 0 radical (unpaired) electrons. The summed E-state index contributed by atoms with van der Waals surface area (Å²) in [6.45, 7) is 10.8. The van der Waals surface area contributed by atoms with Gasteiger partial charge < -0.3 is 9.47 Å². The summed E-state index contributed by atoms with van der Waals surface area (Å²) in [5, 5.41) is 36.0. The summed E-state index contributed by atoms with van der Waals surface area (Å²) in [5.74, 6) is -1.27. The molecule has 0 bridgehead atoms. The van der Waals surface area contributed by atoms with Crippen LogP contribution in [0.15, 0.2) is 105 Å². The highest BCUT2D eigenvalue weighted by atomic mass is 16.5. The number of azo groups is 2. The van der Waals surface area contributed by atoms with Crippen molar-refractivity contribution in [3.8, 4) is 11.4 Å². The van der Waals surface area contributed by atoms with Gasteiger partial charge in [0.15, 0.2) is 0 Å². The number of aromatic nitrogens is 2. The summed E-state index contributed by atoms with van der Waals surface area (Å²) >= 11 is 0. The van der Waals surface area contributed by atoms with E-state index in [4.69, 9.17) is 20.3 Å². The molecule has 0 amide bonds. The van der Waals surface area contributed by atoms with Gasteiger partial charge in [-0.1, -0.05) is 36.4 Å². The lowest BCUT2D eigenvalue weighted by Gasteiger charge is -2.20. The van der Waals surface area contributed by atoms with Crippen molar-refractivity contribution in [3.05, 3.63) is 130 Å². The van der Waals surface area contributed by atoms with Crippen LogP contribution in [0.4, 0.5) is 22.7 Å². The third-order valence-corrected chi connectivity index (χ3v) is 8.11. The number of benzene rings is 3. The molecule has 2 N–H and O–H groups in total. The zero-order valence-electron chi connectivity index (χ0n) is 28.8. The minimum atomic E-state index is -0.634. The van der Waals surface area contributed by atoms with E-state index < -0.39 is 11.9 Å². The first-order chi connectivity index (χ1) is 24.1. The Morgan fingerprint density at radius 3 is 1.22 bits per heavy atom. The molecule has 0 atom stereocenters. The van der Waals surface area contributed by atoms with Gasteiger partial charge in [0.05, 0.1) is 24.6 Å². The standard InChI is InChI=1S/C38H38N8O4/c1-7-49-37(47)31-23(3)33(43-41-27-15-11-9-12-16-27)25(5)45(35(31)39)29-19-21-30(22-20-29)46-26(6)34(44-42-28-17-13-10-14-18-28)24(4)32(36(46)40)38(48)50-8-2/h9-22,39-40H,7-8H2,1-6H3. The molecule has 0 unspecified atom stereocenters. The second kappa shape index (κ2) is 15.3. The zero-order chi connectivity index (χ0) is 35.9. The number of nitrogens with one attached hydrogen (secondary N) is 2. The highest BCUT2D eigenvalue weighted by Crippen LogP contribution is 2.31. The molecule has 3 aromatic carbocycles. The first kappa shape index (κ1) is 35.0. The summed E-state index contributed by atoms with van der Waals surface area (Å²) in [6, 6.07) is 25.5. The number of nitrogens with zero attached hydrogens (tertiary/aromatic N) is 6. The van der Waals surface area contributed by atoms with Crippen molar-refractivity contribution in [2.45, 2.75) is 41.5 Å². The highest BCUT2D eigenvalue weighted by molar-refractivity contribution is 5.93. The van der Waals surface area contributed by atoms with Gasteiger partial charge in [-0.15, -0.1) is 10.2 Å². The number of carbonyl (C=O) groups is 2. The average Bonchev–Trinajstić information content (AvgIpc) is 3.10. The van der Waals surface area contributed by atoms with Gasteiger partial charge in [0, 0.05) is 22.8 Å². The van der Waals surface area contributed by atoms with Crippen molar-refractivity contribution in [2.75, 3.05) is 13.2 Å². The van der Waals surface area contributed by atoms with Crippen LogP contribution in [0.2, 0.25) is 0 Å². The molecule has 12 nitrogen and oxygen atoms in total. The molecular formula is C38H38N8O4. The molecule has 5 rings (SSSR count). The van der Waals surface area contributed by atoms with E-state index in [9.17, 15) is 9.59 Å². The van der Waals surface area contributed by atoms with Crippen molar-refractivity contribution in [1.29, 1.82) is 10.8 Å². The number of hydrogen-bond donors (Lipinski definition) is 2. The Morgan fingerprint density at radius 2 is 0.900 bits per heavy atom. The van der Waals surface area contributed by atoms with Crippen LogP contribution < -0.4 is 11.0 Å². The Morgan fingerprint density at radius 1 is 0.560 bits per heavy atom. The van der Waals surface area contributed by atoms with Gasteiger partial charge in [-0.3, -0.25) is 20.0 Å². The third kappa shape index (κ3) is 6.95. The number of rotatable bonds is 10. The Bertz CT molecular complexity index is 2080. The molecule has 2 aromatic heterocycles. The molecule has 0 saturated heterocycles. The van der Waals surface area contributed by atoms with E-state index in [0.717, 1.165) is 0 Å². The molecular weight excluding hydrogens is 632 g/mol. The number of hydrogen-bond acceptors (Lipinski definition) is 10. The van der Waals surface area contributed by atoms with Crippen molar-refractivity contribution >= 4 is 34.7 Å². The zero-order valence-corrected chi connectivity index (χ0v) is 28.8. The van der Waals surface area contributed by atoms with Gasteiger partial charge in [-0.2, -0.15) is 10.2 Å². The Kier molecular flexibility index (Phi) is 10.7. The van der Waals surface area contributed by atoms with Crippen LogP contribution in [0, 0.1) is 38.5 Å². The van der Waals surface area contributed by atoms with Crippen LogP contribution in [0.25, 0.3) is 11.4 Å². The van der Waals surface area contributed by atoms with Crippen LogP contribution in [0.1, 0.15) is 57.1 Å². The van der Waals surface area contributed by atoms with Crippen molar-refractivity contribution in [2.24, 2.45) is 20.5 Å². The van der Waals surface area contributed by atoms with Gasteiger partial charge in [0.2, 0.25) is 0 Å².